The maximum Gasteiger partial charge on any atom is 0.251 e. The quantitative estimate of drug-likeness (QED) is 0.787. The van der Waals surface area contributed by atoms with Gasteiger partial charge in [0.15, 0.2) is 0 Å². The van der Waals surface area contributed by atoms with E-state index in [1.54, 1.807) is 0 Å². The van der Waals surface area contributed by atoms with Crippen molar-refractivity contribution in [3.63, 3.8) is 0 Å². The summed E-state index contributed by atoms with van der Waals surface area (Å²) >= 11 is 0. The van der Waals surface area contributed by atoms with Crippen LogP contribution in [0.25, 0.3) is 0 Å². The zero-order valence-electron chi connectivity index (χ0n) is 18.7. The first-order valence-electron chi connectivity index (χ1n) is 11.5. The van der Waals surface area contributed by atoms with Gasteiger partial charge in [-0.15, -0.1) is 0 Å². The number of likely N-dealkylation sites (tertiary alicyclic amines) is 1. The van der Waals surface area contributed by atoms with Crippen LogP contribution < -0.4 is 10.2 Å². The first-order valence-corrected chi connectivity index (χ1v) is 11.5. The Morgan fingerprint density at radius 3 is 2.53 bits per heavy atom. The third kappa shape index (κ3) is 4.54. The molecule has 0 aliphatic carbocycles. The summed E-state index contributed by atoms with van der Waals surface area (Å²) in [4.78, 5) is 17.8. The predicted molar refractivity (Wildman–Crippen MR) is 124 cm³/mol. The molecular formula is C26H35N3O. The van der Waals surface area contributed by atoms with E-state index >= 15 is 0 Å². The van der Waals surface area contributed by atoms with Gasteiger partial charge in [-0.2, -0.15) is 0 Å². The van der Waals surface area contributed by atoms with Crippen molar-refractivity contribution in [2.24, 2.45) is 0 Å². The smallest absolute Gasteiger partial charge is 0.251 e. The molecule has 2 aromatic carbocycles. The zero-order chi connectivity index (χ0) is 21.1. The Morgan fingerprint density at radius 2 is 1.77 bits per heavy atom. The fraction of sp³-hybridized carbons (Fsp3) is 0.500. The lowest BCUT2D eigenvalue weighted by atomic mass is 9.95. The number of anilines is 1. The van der Waals surface area contributed by atoms with Gasteiger partial charge in [0.05, 0.1) is 6.04 Å². The summed E-state index contributed by atoms with van der Waals surface area (Å²) in [7, 11) is 2.18. The molecule has 2 aliphatic rings. The number of amides is 1. The lowest BCUT2D eigenvalue weighted by molar-refractivity contribution is 0.0924. The van der Waals surface area contributed by atoms with Crippen molar-refractivity contribution in [3.05, 3.63) is 64.2 Å². The number of hydrogen-bond donors (Lipinski definition) is 1. The summed E-state index contributed by atoms with van der Waals surface area (Å²) < 4.78 is 0. The third-order valence-corrected chi connectivity index (χ3v) is 6.90. The maximum absolute atomic E-state index is 12.9. The van der Waals surface area contributed by atoms with Gasteiger partial charge in [0.1, 0.15) is 0 Å². The van der Waals surface area contributed by atoms with Crippen LogP contribution in [0.4, 0.5) is 5.69 Å². The van der Waals surface area contributed by atoms with Crippen molar-refractivity contribution in [2.45, 2.75) is 52.0 Å². The molecule has 2 aromatic rings. The molecule has 0 bridgehead atoms. The highest BCUT2D eigenvalue weighted by Gasteiger charge is 2.25. The SMILES string of the molecule is Cc1ccc(C(=O)NCC(c2ccc3c(c2)CCCN3C)N2CCCCC2)cc1C. The summed E-state index contributed by atoms with van der Waals surface area (Å²) in [5, 5.41) is 3.24. The Bertz CT molecular complexity index is 901. The van der Waals surface area contributed by atoms with Crippen LogP contribution in [0.2, 0.25) is 0 Å². The number of fused-ring (bicyclic) bond motifs is 1. The van der Waals surface area contributed by atoms with Crippen molar-refractivity contribution >= 4 is 11.6 Å². The monoisotopic (exact) mass is 405 g/mol. The molecule has 30 heavy (non-hydrogen) atoms. The molecular weight excluding hydrogens is 370 g/mol. The van der Waals surface area contributed by atoms with Gasteiger partial charge in [-0.25, -0.2) is 0 Å². The molecule has 2 heterocycles. The van der Waals surface area contributed by atoms with Crippen molar-refractivity contribution in [1.29, 1.82) is 0 Å². The highest BCUT2D eigenvalue weighted by atomic mass is 16.1. The van der Waals surface area contributed by atoms with E-state index in [1.165, 1.54) is 48.1 Å². The molecule has 0 radical (unpaired) electrons. The van der Waals surface area contributed by atoms with Gasteiger partial charge in [0, 0.05) is 31.4 Å². The van der Waals surface area contributed by atoms with Gasteiger partial charge in [0.2, 0.25) is 0 Å². The lowest BCUT2D eigenvalue weighted by Gasteiger charge is -2.36. The summed E-state index contributed by atoms with van der Waals surface area (Å²) in [6.07, 6.45) is 6.16. The van der Waals surface area contributed by atoms with Gasteiger partial charge in [-0.3, -0.25) is 9.69 Å². The molecule has 0 saturated carbocycles. The van der Waals surface area contributed by atoms with E-state index < -0.39 is 0 Å². The molecule has 160 valence electrons. The second kappa shape index (κ2) is 9.22. The molecule has 1 fully saturated rings. The molecule has 1 unspecified atom stereocenters. The van der Waals surface area contributed by atoms with Crippen molar-refractivity contribution in [2.75, 3.05) is 38.1 Å². The first kappa shape index (κ1) is 20.9. The van der Waals surface area contributed by atoms with Crippen LogP contribution in [0.15, 0.2) is 36.4 Å². The van der Waals surface area contributed by atoms with E-state index in [0.29, 0.717) is 6.54 Å². The average Bonchev–Trinajstić information content (AvgIpc) is 2.76. The largest absolute Gasteiger partial charge is 0.374 e. The van der Waals surface area contributed by atoms with E-state index in [-0.39, 0.29) is 11.9 Å². The second-order valence-electron chi connectivity index (χ2n) is 9.03. The van der Waals surface area contributed by atoms with Gasteiger partial charge in [-0.1, -0.05) is 24.6 Å². The fourth-order valence-electron chi connectivity index (χ4n) is 4.87. The van der Waals surface area contributed by atoms with Crippen LogP contribution in [-0.4, -0.2) is 44.0 Å². The van der Waals surface area contributed by atoms with Crippen LogP contribution in [-0.2, 0) is 6.42 Å². The zero-order valence-corrected chi connectivity index (χ0v) is 18.7. The molecule has 0 spiro atoms. The van der Waals surface area contributed by atoms with Crippen LogP contribution in [0.1, 0.15) is 64.3 Å². The topological polar surface area (TPSA) is 35.6 Å². The number of carbonyl (C=O) groups excluding carboxylic acids is 1. The molecule has 1 saturated heterocycles. The number of aryl methyl sites for hydroxylation is 3. The summed E-state index contributed by atoms with van der Waals surface area (Å²) in [6, 6.07) is 13.2. The van der Waals surface area contributed by atoms with Gasteiger partial charge >= 0.3 is 0 Å². The second-order valence-corrected chi connectivity index (χ2v) is 9.03. The van der Waals surface area contributed by atoms with Crippen LogP contribution in [0.3, 0.4) is 0 Å². The minimum Gasteiger partial charge on any atom is -0.374 e. The molecule has 4 heteroatoms. The lowest BCUT2D eigenvalue weighted by Crippen LogP contribution is -2.40. The van der Waals surface area contributed by atoms with Crippen molar-refractivity contribution < 1.29 is 4.79 Å². The van der Waals surface area contributed by atoms with E-state index in [4.69, 9.17) is 0 Å². The number of piperidine rings is 1. The Balaban J connectivity index is 1.54. The Kier molecular flexibility index (Phi) is 6.43. The maximum atomic E-state index is 12.9. The Labute approximate surface area is 181 Å². The number of nitrogens with zero attached hydrogens (tertiary/aromatic N) is 2. The molecule has 0 aromatic heterocycles. The summed E-state index contributed by atoms with van der Waals surface area (Å²) in [5.41, 5.74) is 7.28. The number of benzene rings is 2. The Morgan fingerprint density at radius 1 is 0.967 bits per heavy atom. The van der Waals surface area contributed by atoms with E-state index in [2.05, 4.69) is 54.2 Å². The van der Waals surface area contributed by atoms with Crippen LogP contribution in [0, 0.1) is 13.8 Å². The molecule has 1 amide bonds. The predicted octanol–water partition coefficient (Wildman–Crippen LogP) is 4.64. The number of nitrogens with one attached hydrogen (secondary N) is 1. The molecule has 1 atom stereocenters. The highest BCUT2D eigenvalue weighted by Crippen LogP contribution is 2.31. The van der Waals surface area contributed by atoms with E-state index in [9.17, 15) is 4.79 Å². The summed E-state index contributed by atoms with van der Waals surface area (Å²) in [5.74, 6) is 0.0257. The van der Waals surface area contributed by atoms with Crippen LogP contribution >= 0.6 is 0 Å². The van der Waals surface area contributed by atoms with Crippen LogP contribution in [0.5, 0.6) is 0 Å². The van der Waals surface area contributed by atoms with Gasteiger partial charge in [-0.05, 0) is 93.1 Å². The number of carbonyl (C=O) groups is 1. The average molecular weight is 406 g/mol. The van der Waals surface area contributed by atoms with Crippen molar-refractivity contribution in [1.82, 2.24) is 10.2 Å². The normalized spacial score (nSPS) is 18.0. The number of hydrogen-bond acceptors (Lipinski definition) is 3. The van der Waals surface area contributed by atoms with Gasteiger partial charge < -0.3 is 10.2 Å². The van der Waals surface area contributed by atoms with Gasteiger partial charge in [0.25, 0.3) is 5.91 Å². The van der Waals surface area contributed by atoms with Crippen molar-refractivity contribution in [3.8, 4) is 0 Å². The molecule has 4 rings (SSSR count). The third-order valence-electron chi connectivity index (χ3n) is 6.90. The molecule has 4 nitrogen and oxygen atoms in total. The minimum atomic E-state index is 0.0257. The molecule has 1 N–H and O–H groups in total. The fourth-order valence-corrected chi connectivity index (χ4v) is 4.87. The Hall–Kier alpha value is -2.33. The standard InChI is InChI=1S/C26H35N3O/c1-19-9-10-23(16-20(19)2)26(30)27-18-25(29-14-5-4-6-15-29)22-11-12-24-21(17-22)8-7-13-28(24)3/h9-12,16-17,25H,4-8,13-15,18H2,1-3H3,(H,27,30). The number of rotatable bonds is 5. The highest BCUT2D eigenvalue weighted by molar-refractivity contribution is 5.94. The van der Waals surface area contributed by atoms with E-state index in [1.807, 2.05) is 18.2 Å². The van der Waals surface area contributed by atoms with E-state index in [0.717, 1.165) is 37.2 Å². The molecule has 2 aliphatic heterocycles. The first-order chi connectivity index (χ1) is 14.5. The summed E-state index contributed by atoms with van der Waals surface area (Å²) in [6.45, 7) is 8.15. The minimum absolute atomic E-state index is 0.0257.